The second kappa shape index (κ2) is 5.74. The molecule has 0 saturated heterocycles. The van der Waals surface area contributed by atoms with Crippen LogP contribution in [0.3, 0.4) is 0 Å². The van der Waals surface area contributed by atoms with Gasteiger partial charge in [0.25, 0.3) is 5.70 Å². The number of hydrogen-bond acceptors (Lipinski definition) is 4. The van der Waals surface area contributed by atoms with E-state index in [0.29, 0.717) is 0 Å². The molecule has 0 N–H and O–H groups in total. The predicted molar refractivity (Wildman–Crippen MR) is 21.1 cm³/mol. The van der Waals surface area contributed by atoms with Crippen LogP contribution in [0, 0.1) is 10.1 Å². The number of nitrogens with zero attached hydrogens (tertiary/aromatic N) is 1. The molecule has 44 valence electrons. The summed E-state index contributed by atoms with van der Waals surface area (Å²) >= 11 is 0. The van der Waals surface area contributed by atoms with Crippen molar-refractivity contribution in [3.05, 3.63) is 22.1 Å². The molecule has 0 radical (unpaired) electrons. The third kappa shape index (κ3) is 4.14. The summed E-state index contributed by atoms with van der Waals surface area (Å²) in [5, 5.41) is 18.9. The number of carbonyl (C=O) groups is 1. The largest absolute Gasteiger partial charge is 1.00 e. The predicted octanol–water partition coefficient (Wildman–Crippen LogP) is -4.33. The van der Waals surface area contributed by atoms with Crippen molar-refractivity contribution in [1.82, 2.24) is 0 Å². The van der Waals surface area contributed by atoms with Crippen molar-refractivity contribution in [2.45, 2.75) is 0 Å². The molecule has 0 saturated carbocycles. The molecule has 5 nitrogen and oxygen atoms in total. The van der Waals surface area contributed by atoms with Crippen LogP contribution in [0.5, 0.6) is 0 Å². The van der Waals surface area contributed by atoms with Gasteiger partial charge in [-0.05, 0) is 0 Å². The Hall–Kier alpha value is -0.390. The third-order valence-corrected chi connectivity index (χ3v) is 0.452. The Kier molecular flexibility index (Phi) is 7.28. The van der Waals surface area contributed by atoms with Crippen molar-refractivity contribution in [2.75, 3.05) is 0 Å². The number of carbonyl (C=O) groups excluding carboxylic acids is 1. The minimum atomic E-state index is -1.04. The summed E-state index contributed by atoms with van der Waals surface area (Å²) in [6.07, 6.45) is -0.208. The van der Waals surface area contributed by atoms with E-state index in [0.717, 1.165) is 0 Å². The summed E-state index contributed by atoms with van der Waals surface area (Å²) < 4.78 is 0. The fourth-order valence-electron chi connectivity index (χ4n) is 0.114. The molecule has 0 aromatic heterocycles. The second-order valence-electron chi connectivity index (χ2n) is 0.918. The smallest absolute Gasteiger partial charge is 0.873 e. The van der Waals surface area contributed by atoms with Gasteiger partial charge in [0.05, 0.1) is 4.92 Å². The minimum Gasteiger partial charge on any atom is -0.873 e. The van der Waals surface area contributed by atoms with Gasteiger partial charge in [0.2, 0.25) is 6.29 Å². The first-order valence-electron chi connectivity index (χ1n) is 1.64. The van der Waals surface area contributed by atoms with E-state index in [-0.39, 0.29) is 42.1 Å². The zero-order valence-electron chi connectivity index (χ0n) is 4.73. The zero-order chi connectivity index (χ0) is 6.57. The van der Waals surface area contributed by atoms with Gasteiger partial charge in [-0.2, -0.15) is 0 Å². The van der Waals surface area contributed by atoms with Gasteiger partial charge in [0, 0.05) is 0 Å². The molecule has 0 spiro atoms. The summed E-state index contributed by atoms with van der Waals surface area (Å²) in [5.41, 5.74) is -0.954. The fourth-order valence-corrected chi connectivity index (χ4v) is 0.114. The molecule has 0 aromatic rings. The van der Waals surface area contributed by atoms with Crippen molar-refractivity contribution >= 4 is 6.29 Å². The van der Waals surface area contributed by atoms with Crippen LogP contribution in [-0.2, 0) is 4.79 Å². The molecule has 0 unspecified atom stereocenters. The monoisotopic (exact) mass is 139 g/mol. The van der Waals surface area contributed by atoms with E-state index in [9.17, 15) is 20.0 Å². The topological polar surface area (TPSA) is 83.3 Å². The van der Waals surface area contributed by atoms with E-state index < -0.39 is 10.6 Å². The van der Waals surface area contributed by atoms with Crippen molar-refractivity contribution in [3.8, 4) is 0 Å². The van der Waals surface area contributed by atoms with Gasteiger partial charge in [-0.25, -0.2) is 0 Å². The maximum atomic E-state index is 9.47. The number of aldehydes is 1. The Morgan fingerprint density at radius 2 is 2.00 bits per heavy atom. The summed E-state index contributed by atoms with van der Waals surface area (Å²) in [6, 6.07) is 0. The average Bonchev–Trinajstić information content (AvgIpc) is 1.69. The molecule has 6 heteroatoms. The Morgan fingerprint density at radius 3 is 2.00 bits per heavy atom. The Labute approximate surface area is 72.8 Å². The van der Waals surface area contributed by atoms with E-state index in [1.807, 2.05) is 0 Å². The second-order valence-corrected chi connectivity index (χ2v) is 0.918. The van der Waals surface area contributed by atoms with Gasteiger partial charge in [-0.1, -0.05) is 6.26 Å². The molecule has 9 heavy (non-hydrogen) atoms. The van der Waals surface area contributed by atoms with Gasteiger partial charge in [-0.3, -0.25) is 14.9 Å². The molecule has 0 rings (SSSR count). The van der Waals surface area contributed by atoms with Crippen LogP contribution >= 0.6 is 0 Å². The molecule has 0 aromatic carbocycles. The van der Waals surface area contributed by atoms with E-state index >= 15 is 0 Å². The summed E-state index contributed by atoms with van der Waals surface area (Å²) in [5.74, 6) is 0. The van der Waals surface area contributed by atoms with Crippen LogP contribution in [0.25, 0.3) is 0 Å². The first-order chi connectivity index (χ1) is 3.72. The van der Waals surface area contributed by atoms with Crippen LogP contribution in [-0.4, -0.2) is 11.2 Å². The maximum absolute atomic E-state index is 9.47. The van der Waals surface area contributed by atoms with Crippen LogP contribution in [0.1, 0.15) is 0 Å². The maximum Gasteiger partial charge on any atom is 1.00 e. The van der Waals surface area contributed by atoms with Crippen LogP contribution in [0.2, 0.25) is 0 Å². The van der Waals surface area contributed by atoms with E-state index in [2.05, 4.69) is 0 Å². The SMILES string of the molecule is O=C/C(=C/[O-])[N+](=O)[O-].[Na+]. The minimum absolute atomic E-state index is 0. The molecule has 0 bridgehead atoms. The first-order valence-corrected chi connectivity index (χ1v) is 1.64. The van der Waals surface area contributed by atoms with Crippen LogP contribution in [0.15, 0.2) is 12.0 Å². The Bertz CT molecular complexity index is 143. The molecule has 0 aliphatic rings. The van der Waals surface area contributed by atoms with E-state index in [1.54, 1.807) is 0 Å². The standard InChI is InChI=1S/C3H3NO4.Na/c5-1-3(2-6)4(7)8;/h1-2,5H;/q;+1/p-1/b3-1-;. The molecule has 0 atom stereocenters. The molecular weight excluding hydrogens is 137 g/mol. The summed E-state index contributed by atoms with van der Waals surface area (Å²) in [7, 11) is 0. The summed E-state index contributed by atoms with van der Waals surface area (Å²) in [6.45, 7) is 0. The van der Waals surface area contributed by atoms with Gasteiger partial charge in [0.15, 0.2) is 0 Å². The number of rotatable bonds is 2. The van der Waals surface area contributed by atoms with Gasteiger partial charge in [0.1, 0.15) is 0 Å². The molecule has 0 amide bonds. The third-order valence-electron chi connectivity index (χ3n) is 0.452. The quantitative estimate of drug-likeness (QED) is 0.0966. The van der Waals surface area contributed by atoms with E-state index in [4.69, 9.17) is 0 Å². The molecular formula is C3H2NNaO4. The number of hydrogen-bond donors (Lipinski definition) is 0. The number of allylic oxidation sites excluding steroid dienone is 1. The molecule has 0 fully saturated rings. The molecule has 0 aliphatic carbocycles. The average molecular weight is 139 g/mol. The van der Waals surface area contributed by atoms with Crippen molar-refractivity contribution < 1.29 is 44.4 Å². The summed E-state index contributed by atoms with van der Waals surface area (Å²) in [4.78, 5) is 17.9. The van der Waals surface area contributed by atoms with Crippen molar-refractivity contribution in [3.63, 3.8) is 0 Å². The molecule has 0 aliphatic heterocycles. The van der Waals surface area contributed by atoms with Crippen LogP contribution < -0.4 is 34.7 Å². The Balaban J connectivity index is 0. The van der Waals surface area contributed by atoms with Crippen molar-refractivity contribution in [2.24, 2.45) is 0 Å². The normalized spacial score (nSPS) is 9.56. The fraction of sp³-hybridized carbons (Fsp3) is 0. The van der Waals surface area contributed by atoms with Crippen LogP contribution in [0.4, 0.5) is 0 Å². The van der Waals surface area contributed by atoms with Crippen molar-refractivity contribution in [1.29, 1.82) is 0 Å². The van der Waals surface area contributed by atoms with Gasteiger partial charge < -0.3 is 5.11 Å². The first kappa shape index (κ1) is 11.4. The van der Waals surface area contributed by atoms with E-state index in [1.165, 1.54) is 0 Å². The van der Waals surface area contributed by atoms with Gasteiger partial charge in [-0.15, -0.1) is 0 Å². The Morgan fingerprint density at radius 1 is 1.56 bits per heavy atom. The number of nitro groups is 1. The zero-order valence-corrected chi connectivity index (χ0v) is 6.73. The van der Waals surface area contributed by atoms with Gasteiger partial charge >= 0.3 is 29.6 Å². The molecule has 0 heterocycles.